The number of carbonyl (C=O) groups excluding carboxylic acids is 6. The van der Waals surface area contributed by atoms with Crippen molar-refractivity contribution in [3.05, 3.63) is 59.7 Å². The average molecular weight is 1010 g/mol. The lowest BCUT2D eigenvalue weighted by atomic mass is 9.97. The van der Waals surface area contributed by atoms with E-state index in [0.717, 1.165) is 22.3 Å². The summed E-state index contributed by atoms with van der Waals surface area (Å²) in [7, 11) is 0. The van der Waals surface area contributed by atoms with Crippen molar-refractivity contribution in [3.8, 4) is 11.1 Å². The van der Waals surface area contributed by atoms with E-state index in [4.69, 9.17) is 16.2 Å². The van der Waals surface area contributed by atoms with Crippen LogP contribution in [0.15, 0.2) is 48.5 Å². The lowest BCUT2D eigenvalue weighted by Crippen LogP contribution is -2.48. The van der Waals surface area contributed by atoms with Gasteiger partial charge in [-0.25, -0.2) is 4.79 Å². The second-order valence-electron chi connectivity index (χ2n) is 21.2. The number of aliphatic carboxylic acids is 1. The van der Waals surface area contributed by atoms with Gasteiger partial charge in [-0.1, -0.05) is 117 Å². The molecule has 0 heterocycles. The highest BCUT2D eigenvalue weighted by Gasteiger charge is 2.31. The van der Waals surface area contributed by atoms with E-state index in [0.29, 0.717) is 64.5 Å². The molecule has 2 aromatic carbocycles. The van der Waals surface area contributed by atoms with Gasteiger partial charge in [0.2, 0.25) is 29.5 Å². The van der Waals surface area contributed by atoms with Crippen molar-refractivity contribution in [2.24, 2.45) is 35.1 Å². The highest BCUT2D eigenvalue weighted by molar-refractivity contribution is 5.84. The number of carboxylic acids is 1. The Labute approximate surface area is 428 Å². The minimum absolute atomic E-state index is 0.0280. The van der Waals surface area contributed by atoms with Gasteiger partial charge in [-0.3, -0.25) is 28.8 Å². The molecule has 0 radical (unpaired) electrons. The number of amides is 6. The predicted octanol–water partition coefficient (Wildman–Crippen LogP) is 6.41. The van der Waals surface area contributed by atoms with Gasteiger partial charge in [-0.15, -0.1) is 0 Å². The number of hydrogen-bond acceptors (Lipinski definition) is 10. The lowest BCUT2D eigenvalue weighted by molar-refractivity contribution is -0.138. The zero-order chi connectivity index (χ0) is 53.3. The van der Waals surface area contributed by atoms with Crippen molar-refractivity contribution in [2.45, 2.75) is 187 Å². The van der Waals surface area contributed by atoms with E-state index in [9.17, 15) is 38.7 Å². The fourth-order valence-corrected chi connectivity index (χ4v) is 9.44. The Hall–Kier alpha value is -5.55. The van der Waals surface area contributed by atoms with Crippen molar-refractivity contribution < 1.29 is 43.4 Å². The molecule has 0 aliphatic heterocycles. The number of carbonyl (C=O) groups is 7. The normalized spacial score (nSPS) is 14.6. The van der Waals surface area contributed by atoms with Gasteiger partial charge in [0.1, 0.15) is 6.61 Å². The van der Waals surface area contributed by atoms with Gasteiger partial charge in [0.05, 0.1) is 6.42 Å². The first-order valence-corrected chi connectivity index (χ1v) is 26.4. The Bertz CT molecular complexity index is 2000. The number of benzene rings is 2. The fourth-order valence-electron chi connectivity index (χ4n) is 9.44. The zero-order valence-electron chi connectivity index (χ0n) is 44.4. The summed E-state index contributed by atoms with van der Waals surface area (Å²) in [5, 5.41) is 27.2. The molecular weight excluding hydrogens is 917 g/mol. The summed E-state index contributed by atoms with van der Waals surface area (Å²) in [5.41, 5.74) is 16.0. The second kappa shape index (κ2) is 31.8. The molecule has 1 aliphatic rings. The largest absolute Gasteiger partial charge is 0.481 e. The average Bonchev–Trinajstić information content (AvgIpc) is 3.60. The highest BCUT2D eigenvalue weighted by atomic mass is 16.5. The first kappa shape index (κ1) is 60.8. The van der Waals surface area contributed by atoms with E-state index in [1.165, 1.54) is 0 Å². The number of hydrogen-bond donors (Lipinski definition) is 9. The van der Waals surface area contributed by atoms with Crippen molar-refractivity contribution in [3.63, 3.8) is 0 Å². The van der Waals surface area contributed by atoms with Crippen LogP contribution in [0.1, 0.15) is 162 Å². The van der Waals surface area contributed by atoms with E-state index in [1.54, 1.807) is 0 Å². The first-order chi connectivity index (χ1) is 34.2. The van der Waals surface area contributed by atoms with Gasteiger partial charge in [-0.05, 0) is 97.5 Å². The molecule has 0 unspecified atom stereocenters. The molecule has 17 nitrogen and oxygen atoms in total. The van der Waals surface area contributed by atoms with E-state index >= 15 is 0 Å². The number of nitrogens with two attached hydrogens (primary N) is 2. The number of rotatable bonds is 34. The number of unbranched alkanes of at least 4 members (excludes halogenated alkanes) is 2. The van der Waals surface area contributed by atoms with Crippen LogP contribution in [0.3, 0.4) is 0 Å². The molecule has 6 atom stereocenters. The maximum Gasteiger partial charge on any atom is 0.407 e. The summed E-state index contributed by atoms with van der Waals surface area (Å²) >= 11 is 0. The first-order valence-electron chi connectivity index (χ1n) is 26.4. The van der Waals surface area contributed by atoms with E-state index in [1.807, 2.05) is 79.7 Å². The Morgan fingerprint density at radius 2 is 0.875 bits per heavy atom. The second-order valence-corrected chi connectivity index (χ2v) is 21.2. The molecule has 11 N–H and O–H groups in total. The van der Waals surface area contributed by atoms with Crippen molar-refractivity contribution in [2.75, 3.05) is 19.7 Å². The third kappa shape index (κ3) is 22.5. The lowest BCUT2D eigenvalue weighted by Gasteiger charge is -2.27. The minimum Gasteiger partial charge on any atom is -0.481 e. The van der Waals surface area contributed by atoms with Gasteiger partial charge in [0, 0.05) is 74.3 Å². The highest BCUT2D eigenvalue weighted by Crippen LogP contribution is 2.44. The van der Waals surface area contributed by atoms with E-state index < -0.39 is 48.3 Å². The third-order valence-corrected chi connectivity index (χ3v) is 13.1. The molecule has 17 heteroatoms. The summed E-state index contributed by atoms with van der Waals surface area (Å²) < 4.78 is 5.79. The van der Waals surface area contributed by atoms with Crippen molar-refractivity contribution in [1.29, 1.82) is 0 Å². The molecule has 0 saturated carbocycles. The van der Waals surface area contributed by atoms with Gasteiger partial charge in [0.25, 0.3) is 0 Å². The van der Waals surface area contributed by atoms with Crippen LogP contribution < -0.4 is 43.4 Å². The number of nitrogens with one attached hydrogen (secondary N) is 6. The smallest absolute Gasteiger partial charge is 0.407 e. The molecule has 402 valence electrons. The maximum atomic E-state index is 13.7. The van der Waals surface area contributed by atoms with E-state index in [2.05, 4.69) is 56.2 Å². The maximum absolute atomic E-state index is 13.7. The van der Waals surface area contributed by atoms with Gasteiger partial charge < -0.3 is 53.2 Å². The summed E-state index contributed by atoms with van der Waals surface area (Å²) in [6.07, 6.45) is 3.77. The topological polar surface area (TPSA) is 273 Å². The Morgan fingerprint density at radius 3 is 1.29 bits per heavy atom. The van der Waals surface area contributed by atoms with Gasteiger partial charge >= 0.3 is 12.1 Å². The molecule has 1 aliphatic carbocycles. The van der Waals surface area contributed by atoms with Crippen molar-refractivity contribution in [1.82, 2.24) is 31.9 Å². The van der Waals surface area contributed by atoms with Gasteiger partial charge in [0.15, 0.2) is 0 Å². The Kier molecular flexibility index (Phi) is 26.8. The predicted molar refractivity (Wildman–Crippen MR) is 281 cm³/mol. The molecule has 3 rings (SSSR count). The molecule has 0 bridgehead atoms. The van der Waals surface area contributed by atoms with Crippen LogP contribution in [0.5, 0.6) is 0 Å². The van der Waals surface area contributed by atoms with Crippen LogP contribution >= 0.6 is 0 Å². The number of ether oxygens (including phenoxy) is 1. The van der Waals surface area contributed by atoms with Crippen LogP contribution in [-0.2, 0) is 33.5 Å². The summed E-state index contributed by atoms with van der Waals surface area (Å²) in [6, 6.07) is 13.0. The fraction of sp³-hybridized carbons (Fsp3) is 0.655. The quantitative estimate of drug-likeness (QED) is 0.0346. The molecule has 0 fully saturated rings. The van der Waals surface area contributed by atoms with Crippen LogP contribution in [-0.4, -0.2) is 103 Å². The molecule has 2 aromatic rings. The third-order valence-electron chi connectivity index (χ3n) is 13.1. The monoisotopic (exact) mass is 1000 g/mol. The minimum atomic E-state index is -1.01. The molecule has 0 aromatic heterocycles. The number of alkyl carbamates (subject to hydrolysis) is 1. The summed E-state index contributed by atoms with van der Waals surface area (Å²) in [5.74, 6) is -2.73. The Balaban J connectivity index is 1.60. The van der Waals surface area contributed by atoms with Gasteiger partial charge in [-0.2, -0.15) is 0 Å². The number of carboxylic acid groups (broad SMARTS) is 1. The molecule has 0 spiro atoms. The molecule has 72 heavy (non-hydrogen) atoms. The molecule has 6 amide bonds. The molecular formula is C55H88N8O9. The van der Waals surface area contributed by atoms with E-state index in [-0.39, 0.29) is 104 Å². The van der Waals surface area contributed by atoms with Crippen LogP contribution in [0, 0.1) is 23.7 Å². The summed E-state index contributed by atoms with van der Waals surface area (Å²) in [4.78, 5) is 92.4. The zero-order valence-corrected chi connectivity index (χ0v) is 44.4. The molecule has 0 saturated heterocycles. The van der Waals surface area contributed by atoms with Crippen molar-refractivity contribution >= 4 is 41.6 Å². The Morgan fingerprint density at radius 1 is 0.500 bits per heavy atom. The summed E-state index contributed by atoms with van der Waals surface area (Å²) in [6.45, 7) is 16.6. The SMILES string of the molecule is CC(C)C[C@@H](CC(=O)O)NC(=O)C[C@H](CCCCN)NC(=O)C[C@@H](NC(=O)C[C@H](CC(C)C)NC(=O)C[C@H](CCCCN)NC(=O)C[C@@H](NC(=O)OCC1c2ccccc2-c2ccccc21)C(C)C)C(C)C. The van der Waals surface area contributed by atoms with Crippen LogP contribution in [0.4, 0.5) is 4.79 Å². The number of fused-ring (bicyclic) bond motifs is 3. The standard InChI is InChI=1S/C55H88N8O9/c1-34(2)25-40(29-51(66)62-47(36(5)6)31-52(67)58-39(18-14-16-24-57)28-50(65)61-41(26-35(3)4)30-54(69)70)60-49(64)27-38(17-13-15-23-56)59-53(68)32-48(37(7)8)63-55(71)72-33-46-44-21-11-9-19-42(44)43-20-10-12-22-45(43)46/h9-12,19-22,34-41,46-48H,13-18,23-33,56-57H2,1-8H3,(H,58,67)(H,59,68)(H,60,64)(H,61,65)(H,62,66)(H,63,71)(H,69,70)/t38-,39-,40-,41-,47+,48+/m0/s1. The van der Waals surface area contributed by atoms with Crippen LogP contribution in [0.25, 0.3) is 11.1 Å². The van der Waals surface area contributed by atoms with Crippen LogP contribution in [0.2, 0.25) is 0 Å².